The first-order chi connectivity index (χ1) is 8.72. The highest BCUT2D eigenvalue weighted by molar-refractivity contribution is 7.98. The van der Waals surface area contributed by atoms with E-state index in [1.165, 1.54) is 0 Å². The number of ether oxygens (including phenoxy) is 1. The molecule has 96 valence electrons. The molecule has 0 unspecified atom stereocenters. The lowest BCUT2D eigenvalue weighted by atomic mass is 10.3. The maximum absolute atomic E-state index is 5.70. The van der Waals surface area contributed by atoms with Crippen LogP contribution >= 0.6 is 11.8 Å². The van der Waals surface area contributed by atoms with Crippen LogP contribution in [0.15, 0.2) is 27.6 Å². The fourth-order valence-electron chi connectivity index (χ4n) is 1.44. The molecular formula is C12H15N3O2S. The highest BCUT2D eigenvalue weighted by Gasteiger charge is 2.08. The molecule has 1 aromatic heterocycles. The van der Waals surface area contributed by atoms with Gasteiger partial charge in [0.1, 0.15) is 5.75 Å². The van der Waals surface area contributed by atoms with Gasteiger partial charge in [-0.3, -0.25) is 0 Å². The fourth-order valence-corrected chi connectivity index (χ4v) is 2.28. The van der Waals surface area contributed by atoms with Crippen LogP contribution in [-0.2, 0) is 12.2 Å². The molecule has 0 saturated heterocycles. The summed E-state index contributed by atoms with van der Waals surface area (Å²) >= 11 is 1.58. The molecule has 0 radical (unpaired) electrons. The van der Waals surface area contributed by atoms with Crippen molar-refractivity contribution in [2.45, 2.75) is 24.0 Å². The Morgan fingerprint density at radius 1 is 1.44 bits per heavy atom. The number of anilines is 1. The van der Waals surface area contributed by atoms with E-state index in [1.807, 2.05) is 19.1 Å². The Bertz CT molecular complexity index is 528. The lowest BCUT2D eigenvalue weighted by molar-refractivity contribution is 0.385. The Morgan fingerprint density at radius 3 is 2.94 bits per heavy atom. The SMILES string of the molecule is CCc1noc(CSc2ccc(N)cc2OC)n1. The van der Waals surface area contributed by atoms with Crippen molar-refractivity contribution in [2.24, 2.45) is 0 Å². The van der Waals surface area contributed by atoms with Gasteiger partial charge in [-0.1, -0.05) is 12.1 Å². The summed E-state index contributed by atoms with van der Waals surface area (Å²) in [5.74, 6) is 2.73. The number of benzene rings is 1. The number of methoxy groups -OCH3 is 1. The van der Waals surface area contributed by atoms with Crippen molar-refractivity contribution in [1.82, 2.24) is 10.1 Å². The molecule has 6 heteroatoms. The molecule has 2 aromatic rings. The van der Waals surface area contributed by atoms with E-state index in [2.05, 4.69) is 10.1 Å². The lowest BCUT2D eigenvalue weighted by Gasteiger charge is -2.07. The van der Waals surface area contributed by atoms with Gasteiger partial charge in [-0.25, -0.2) is 0 Å². The van der Waals surface area contributed by atoms with Gasteiger partial charge in [0.2, 0.25) is 5.89 Å². The number of aromatic nitrogens is 2. The number of nitrogens with zero attached hydrogens (tertiary/aromatic N) is 2. The van der Waals surface area contributed by atoms with Crippen LogP contribution in [0.25, 0.3) is 0 Å². The standard InChI is InChI=1S/C12H15N3O2S/c1-3-11-14-12(17-15-11)7-18-10-5-4-8(13)6-9(10)16-2/h4-6H,3,7,13H2,1-2H3. The van der Waals surface area contributed by atoms with Crippen LogP contribution in [0.1, 0.15) is 18.6 Å². The van der Waals surface area contributed by atoms with Gasteiger partial charge in [0.05, 0.1) is 12.9 Å². The maximum atomic E-state index is 5.70. The summed E-state index contributed by atoms with van der Waals surface area (Å²) in [4.78, 5) is 5.26. The van der Waals surface area contributed by atoms with Crippen molar-refractivity contribution in [1.29, 1.82) is 0 Å². The van der Waals surface area contributed by atoms with Crippen molar-refractivity contribution in [3.05, 3.63) is 29.9 Å². The highest BCUT2D eigenvalue weighted by Crippen LogP contribution is 2.32. The molecule has 2 rings (SSSR count). The second kappa shape index (κ2) is 5.77. The Morgan fingerprint density at radius 2 is 2.28 bits per heavy atom. The van der Waals surface area contributed by atoms with E-state index in [1.54, 1.807) is 24.9 Å². The number of aryl methyl sites for hydroxylation is 1. The molecule has 2 N–H and O–H groups in total. The van der Waals surface area contributed by atoms with Gasteiger partial charge in [-0.15, -0.1) is 11.8 Å². The van der Waals surface area contributed by atoms with E-state index >= 15 is 0 Å². The van der Waals surface area contributed by atoms with Crippen LogP contribution in [0.4, 0.5) is 5.69 Å². The van der Waals surface area contributed by atoms with Crippen molar-refractivity contribution >= 4 is 17.4 Å². The third-order valence-electron chi connectivity index (χ3n) is 2.37. The zero-order valence-corrected chi connectivity index (χ0v) is 11.2. The number of nitrogen functional groups attached to an aromatic ring is 1. The van der Waals surface area contributed by atoms with E-state index in [0.717, 1.165) is 22.9 Å². The second-order valence-electron chi connectivity index (χ2n) is 3.66. The van der Waals surface area contributed by atoms with Crippen LogP contribution in [0.3, 0.4) is 0 Å². The molecule has 18 heavy (non-hydrogen) atoms. The third kappa shape index (κ3) is 2.95. The Labute approximate surface area is 110 Å². The molecule has 5 nitrogen and oxygen atoms in total. The third-order valence-corrected chi connectivity index (χ3v) is 3.40. The quantitative estimate of drug-likeness (QED) is 0.661. The maximum Gasteiger partial charge on any atom is 0.237 e. The predicted molar refractivity (Wildman–Crippen MR) is 70.6 cm³/mol. The normalized spacial score (nSPS) is 10.6. The predicted octanol–water partition coefficient (Wildman–Crippen LogP) is 2.52. The minimum Gasteiger partial charge on any atom is -0.496 e. The summed E-state index contributed by atoms with van der Waals surface area (Å²) in [6.45, 7) is 1.99. The van der Waals surface area contributed by atoms with Crippen LogP contribution < -0.4 is 10.5 Å². The first-order valence-corrected chi connectivity index (χ1v) is 6.59. The molecule has 0 amide bonds. The smallest absolute Gasteiger partial charge is 0.237 e. The molecule has 0 aliphatic carbocycles. The number of rotatable bonds is 5. The van der Waals surface area contributed by atoms with E-state index in [9.17, 15) is 0 Å². The monoisotopic (exact) mass is 265 g/mol. The average molecular weight is 265 g/mol. The van der Waals surface area contributed by atoms with Crippen molar-refractivity contribution in [2.75, 3.05) is 12.8 Å². The Balaban J connectivity index is 2.05. The Hall–Kier alpha value is -1.69. The van der Waals surface area contributed by atoms with Gasteiger partial charge in [0.25, 0.3) is 0 Å². The van der Waals surface area contributed by atoms with Gasteiger partial charge in [-0.05, 0) is 12.1 Å². The van der Waals surface area contributed by atoms with Crippen molar-refractivity contribution < 1.29 is 9.26 Å². The molecule has 0 spiro atoms. The Kier molecular flexibility index (Phi) is 4.09. The number of thioether (sulfide) groups is 1. The van der Waals surface area contributed by atoms with Crippen LogP contribution in [0.5, 0.6) is 5.75 Å². The highest BCUT2D eigenvalue weighted by atomic mass is 32.2. The molecule has 1 heterocycles. The molecule has 0 aliphatic heterocycles. The van der Waals surface area contributed by atoms with Gasteiger partial charge in [-0.2, -0.15) is 4.98 Å². The van der Waals surface area contributed by atoms with E-state index in [-0.39, 0.29) is 0 Å². The zero-order valence-electron chi connectivity index (χ0n) is 10.3. The average Bonchev–Trinajstić information content (AvgIpc) is 2.85. The van der Waals surface area contributed by atoms with Crippen LogP contribution in [0.2, 0.25) is 0 Å². The molecule has 0 aliphatic rings. The fraction of sp³-hybridized carbons (Fsp3) is 0.333. The van der Waals surface area contributed by atoms with Crippen LogP contribution in [0, 0.1) is 0 Å². The van der Waals surface area contributed by atoms with E-state index in [4.69, 9.17) is 15.0 Å². The minimum absolute atomic E-state index is 0.618. The summed E-state index contributed by atoms with van der Waals surface area (Å²) in [5, 5.41) is 3.85. The van der Waals surface area contributed by atoms with E-state index < -0.39 is 0 Å². The molecule has 0 bridgehead atoms. The van der Waals surface area contributed by atoms with Gasteiger partial charge < -0.3 is 15.0 Å². The zero-order chi connectivity index (χ0) is 13.0. The molecule has 0 fully saturated rings. The van der Waals surface area contributed by atoms with Gasteiger partial charge in [0.15, 0.2) is 5.82 Å². The number of hydrogen-bond acceptors (Lipinski definition) is 6. The van der Waals surface area contributed by atoms with Crippen LogP contribution in [-0.4, -0.2) is 17.3 Å². The van der Waals surface area contributed by atoms with Crippen molar-refractivity contribution in [3.63, 3.8) is 0 Å². The summed E-state index contributed by atoms with van der Waals surface area (Å²) in [6, 6.07) is 5.57. The molecule has 0 atom stereocenters. The van der Waals surface area contributed by atoms with Crippen molar-refractivity contribution in [3.8, 4) is 5.75 Å². The summed E-state index contributed by atoms with van der Waals surface area (Å²) in [6.07, 6.45) is 0.777. The lowest BCUT2D eigenvalue weighted by Crippen LogP contribution is -1.91. The first-order valence-electron chi connectivity index (χ1n) is 5.60. The second-order valence-corrected chi connectivity index (χ2v) is 4.67. The van der Waals surface area contributed by atoms with Gasteiger partial charge in [0, 0.05) is 23.1 Å². The molecule has 1 aromatic carbocycles. The van der Waals surface area contributed by atoms with Gasteiger partial charge >= 0.3 is 0 Å². The summed E-state index contributed by atoms with van der Waals surface area (Å²) in [7, 11) is 1.63. The summed E-state index contributed by atoms with van der Waals surface area (Å²) in [5.41, 5.74) is 6.38. The number of nitrogens with two attached hydrogens (primary N) is 1. The largest absolute Gasteiger partial charge is 0.496 e. The number of hydrogen-bond donors (Lipinski definition) is 1. The summed E-state index contributed by atoms with van der Waals surface area (Å²) < 4.78 is 10.4. The topological polar surface area (TPSA) is 74.2 Å². The molecular weight excluding hydrogens is 250 g/mol. The van der Waals surface area contributed by atoms with E-state index in [0.29, 0.717) is 17.3 Å². The molecule has 0 saturated carbocycles. The first kappa shape index (κ1) is 12.8. The minimum atomic E-state index is 0.618.